The summed E-state index contributed by atoms with van der Waals surface area (Å²) in [6.07, 6.45) is 1.67. The molecule has 4 rings (SSSR count). The van der Waals surface area contributed by atoms with Crippen molar-refractivity contribution in [2.75, 3.05) is 4.90 Å². The van der Waals surface area contributed by atoms with E-state index in [4.69, 9.17) is 11.6 Å². The molecule has 0 saturated heterocycles. The zero-order chi connectivity index (χ0) is 20.2. The zero-order valence-electron chi connectivity index (χ0n) is 15.7. The number of benzene rings is 2. The van der Waals surface area contributed by atoms with E-state index < -0.39 is 0 Å². The average Bonchev–Trinajstić information content (AvgIpc) is 3.16. The highest BCUT2D eigenvalue weighted by Gasteiger charge is 2.26. The fraction of sp³-hybridized carbons (Fsp3) is 0.0870. The lowest BCUT2D eigenvalue weighted by atomic mass is 10.1. The lowest BCUT2D eigenvalue weighted by Crippen LogP contribution is -2.32. The average molecular weight is 420 g/mol. The Morgan fingerprint density at radius 2 is 1.72 bits per heavy atom. The van der Waals surface area contributed by atoms with Crippen LogP contribution in [0.1, 0.15) is 21.1 Å². The highest BCUT2D eigenvalue weighted by atomic mass is 35.5. The third-order valence-corrected chi connectivity index (χ3v) is 5.82. The van der Waals surface area contributed by atoms with Gasteiger partial charge in [-0.15, -0.1) is 11.3 Å². The maximum absolute atomic E-state index is 13.7. The minimum absolute atomic E-state index is 0.202. The molecule has 0 aliphatic carbocycles. The first-order valence-corrected chi connectivity index (χ1v) is 10.3. The lowest BCUT2D eigenvalue weighted by Gasteiger charge is -2.22. The van der Waals surface area contributed by atoms with Gasteiger partial charge in [-0.05, 0) is 36.2 Å². The van der Waals surface area contributed by atoms with Gasteiger partial charge in [0, 0.05) is 11.2 Å². The van der Waals surface area contributed by atoms with Gasteiger partial charge in [0.2, 0.25) is 0 Å². The number of carbonyl (C=O) groups is 1. The van der Waals surface area contributed by atoms with E-state index in [9.17, 15) is 4.79 Å². The Morgan fingerprint density at radius 3 is 2.45 bits per heavy atom. The molecule has 0 spiro atoms. The number of pyridine rings is 1. The largest absolute Gasteiger partial charge is 0.287 e. The fourth-order valence-corrected chi connectivity index (χ4v) is 4.16. The number of aryl methyl sites for hydroxylation is 1. The standard InChI is InChI=1S/C23H18ClN3OS/c1-16-26-21(22(29-16)17-9-3-2-4-10-17)23(28)27(20-13-7-8-14-25-20)15-18-11-5-6-12-19(18)24/h2-14H,15H2,1H3. The van der Waals surface area contributed by atoms with Crippen LogP contribution in [-0.4, -0.2) is 15.9 Å². The van der Waals surface area contributed by atoms with Gasteiger partial charge in [0.05, 0.1) is 16.4 Å². The van der Waals surface area contributed by atoms with Crippen molar-refractivity contribution < 1.29 is 4.79 Å². The topological polar surface area (TPSA) is 46.1 Å². The molecule has 0 radical (unpaired) electrons. The predicted octanol–water partition coefficient (Wildman–Crippen LogP) is 6.01. The summed E-state index contributed by atoms with van der Waals surface area (Å²) in [5, 5.41) is 1.45. The molecule has 0 saturated carbocycles. The van der Waals surface area contributed by atoms with Gasteiger partial charge in [0.1, 0.15) is 11.5 Å². The number of thiazole rings is 1. The Balaban J connectivity index is 1.78. The lowest BCUT2D eigenvalue weighted by molar-refractivity contribution is 0.0980. The molecular weight excluding hydrogens is 402 g/mol. The van der Waals surface area contributed by atoms with E-state index in [1.807, 2.05) is 79.7 Å². The minimum Gasteiger partial charge on any atom is -0.287 e. The van der Waals surface area contributed by atoms with Gasteiger partial charge in [-0.2, -0.15) is 0 Å². The second-order valence-electron chi connectivity index (χ2n) is 6.45. The van der Waals surface area contributed by atoms with E-state index in [2.05, 4.69) is 9.97 Å². The second-order valence-corrected chi connectivity index (χ2v) is 8.06. The Labute approximate surface area is 178 Å². The van der Waals surface area contributed by atoms with Crippen molar-refractivity contribution >= 4 is 34.7 Å². The number of anilines is 1. The van der Waals surface area contributed by atoms with Crippen molar-refractivity contribution in [3.05, 3.63) is 100 Å². The third kappa shape index (κ3) is 4.21. The molecule has 0 fully saturated rings. The summed E-state index contributed by atoms with van der Waals surface area (Å²) in [5.74, 6) is 0.355. The van der Waals surface area contributed by atoms with Crippen molar-refractivity contribution in [2.45, 2.75) is 13.5 Å². The van der Waals surface area contributed by atoms with Gasteiger partial charge in [-0.25, -0.2) is 9.97 Å². The van der Waals surface area contributed by atoms with Crippen LogP contribution in [-0.2, 0) is 6.54 Å². The zero-order valence-corrected chi connectivity index (χ0v) is 17.3. The number of carbonyl (C=O) groups excluding carboxylic acids is 1. The van der Waals surface area contributed by atoms with E-state index in [0.717, 1.165) is 21.0 Å². The number of aromatic nitrogens is 2. The quantitative estimate of drug-likeness (QED) is 0.397. The van der Waals surface area contributed by atoms with E-state index in [1.54, 1.807) is 11.1 Å². The van der Waals surface area contributed by atoms with Crippen molar-refractivity contribution in [1.29, 1.82) is 0 Å². The molecule has 0 N–H and O–H groups in total. The molecule has 144 valence electrons. The van der Waals surface area contributed by atoms with Crippen LogP contribution < -0.4 is 4.90 Å². The van der Waals surface area contributed by atoms with E-state index in [1.165, 1.54) is 11.3 Å². The molecule has 0 aliphatic rings. The number of rotatable bonds is 5. The molecule has 4 aromatic rings. The molecule has 2 aromatic carbocycles. The van der Waals surface area contributed by atoms with Crippen molar-refractivity contribution in [2.24, 2.45) is 0 Å². The Kier molecular flexibility index (Phi) is 5.69. The van der Waals surface area contributed by atoms with E-state index >= 15 is 0 Å². The molecule has 6 heteroatoms. The van der Waals surface area contributed by atoms with Crippen LogP contribution in [0.2, 0.25) is 5.02 Å². The smallest absolute Gasteiger partial charge is 0.279 e. The summed E-state index contributed by atoms with van der Waals surface area (Å²) in [6.45, 7) is 2.22. The van der Waals surface area contributed by atoms with Crippen LogP contribution in [0.15, 0.2) is 79.0 Å². The molecule has 0 aliphatic heterocycles. The van der Waals surface area contributed by atoms with E-state index in [0.29, 0.717) is 23.1 Å². The number of hydrogen-bond donors (Lipinski definition) is 0. The number of halogens is 1. The van der Waals surface area contributed by atoms with Crippen LogP contribution >= 0.6 is 22.9 Å². The van der Waals surface area contributed by atoms with Gasteiger partial charge in [-0.1, -0.05) is 66.2 Å². The highest BCUT2D eigenvalue weighted by molar-refractivity contribution is 7.15. The van der Waals surface area contributed by atoms with Crippen molar-refractivity contribution in [1.82, 2.24) is 9.97 Å². The summed E-state index contributed by atoms with van der Waals surface area (Å²) in [4.78, 5) is 25.1. The van der Waals surface area contributed by atoms with Gasteiger partial charge in [0.15, 0.2) is 0 Å². The first kappa shape index (κ1) is 19.3. The Hall–Kier alpha value is -3.02. The summed E-state index contributed by atoms with van der Waals surface area (Å²) in [7, 11) is 0. The van der Waals surface area contributed by atoms with Gasteiger partial charge in [-0.3, -0.25) is 9.69 Å². The molecule has 2 aromatic heterocycles. The Morgan fingerprint density at radius 1 is 1.00 bits per heavy atom. The SMILES string of the molecule is Cc1nc(C(=O)N(Cc2ccccc2Cl)c2ccccn2)c(-c2ccccc2)s1. The monoisotopic (exact) mass is 419 g/mol. The predicted molar refractivity (Wildman–Crippen MR) is 118 cm³/mol. The molecule has 4 nitrogen and oxygen atoms in total. The summed E-state index contributed by atoms with van der Waals surface area (Å²) in [6, 6.07) is 22.9. The molecular formula is C23H18ClN3OS. The molecule has 0 atom stereocenters. The minimum atomic E-state index is -0.202. The summed E-state index contributed by atoms with van der Waals surface area (Å²) >= 11 is 7.88. The summed E-state index contributed by atoms with van der Waals surface area (Å²) < 4.78 is 0. The fourth-order valence-electron chi connectivity index (χ4n) is 3.05. The number of nitrogens with zero attached hydrogens (tertiary/aromatic N) is 3. The molecule has 0 unspecified atom stereocenters. The first-order valence-electron chi connectivity index (χ1n) is 9.12. The van der Waals surface area contributed by atoms with Crippen LogP contribution in [0.25, 0.3) is 10.4 Å². The van der Waals surface area contributed by atoms with Gasteiger partial charge < -0.3 is 0 Å². The summed E-state index contributed by atoms with van der Waals surface area (Å²) in [5.41, 5.74) is 2.25. The Bertz CT molecular complexity index is 1130. The number of amides is 1. The van der Waals surface area contributed by atoms with Crippen molar-refractivity contribution in [3.8, 4) is 10.4 Å². The van der Waals surface area contributed by atoms with Crippen molar-refractivity contribution in [3.63, 3.8) is 0 Å². The van der Waals surface area contributed by atoms with Gasteiger partial charge >= 0.3 is 0 Å². The normalized spacial score (nSPS) is 10.7. The molecule has 29 heavy (non-hydrogen) atoms. The molecule has 2 heterocycles. The van der Waals surface area contributed by atoms with Gasteiger partial charge in [0.25, 0.3) is 5.91 Å². The first-order chi connectivity index (χ1) is 14.1. The van der Waals surface area contributed by atoms with Crippen LogP contribution in [0.5, 0.6) is 0 Å². The van der Waals surface area contributed by atoms with E-state index in [-0.39, 0.29) is 5.91 Å². The maximum atomic E-state index is 13.7. The number of hydrogen-bond acceptors (Lipinski definition) is 4. The molecule has 0 bridgehead atoms. The molecule has 1 amide bonds. The van der Waals surface area contributed by atoms with Crippen LogP contribution in [0.4, 0.5) is 5.82 Å². The van der Waals surface area contributed by atoms with Crippen LogP contribution in [0, 0.1) is 6.92 Å². The highest BCUT2D eigenvalue weighted by Crippen LogP contribution is 2.32. The second kappa shape index (κ2) is 8.55. The third-order valence-electron chi connectivity index (χ3n) is 4.43. The maximum Gasteiger partial charge on any atom is 0.279 e. The van der Waals surface area contributed by atoms with Crippen LogP contribution in [0.3, 0.4) is 0 Å².